The number of anilines is 1. The maximum Gasteiger partial charge on any atom is 0.148 e. The molecule has 0 aliphatic heterocycles. The van der Waals surface area contributed by atoms with Crippen LogP contribution in [0.25, 0.3) is 20.8 Å². The number of thiazole rings is 1. The van der Waals surface area contributed by atoms with Gasteiger partial charge in [-0.15, -0.1) is 11.3 Å². The molecule has 2 fully saturated rings. The van der Waals surface area contributed by atoms with Crippen molar-refractivity contribution < 1.29 is 9.90 Å². The largest absolute Gasteiger partial charge is 0.385 e. The van der Waals surface area contributed by atoms with Crippen LogP contribution in [0.3, 0.4) is 0 Å². The second kappa shape index (κ2) is 10.2. The zero-order valence-corrected chi connectivity index (χ0v) is 20.4. The van der Waals surface area contributed by atoms with Gasteiger partial charge in [0.25, 0.3) is 0 Å². The highest BCUT2D eigenvalue weighted by Crippen LogP contribution is 2.38. The first kappa shape index (κ1) is 23.7. The van der Waals surface area contributed by atoms with Crippen molar-refractivity contribution in [3.05, 3.63) is 29.5 Å². The smallest absolute Gasteiger partial charge is 0.148 e. The van der Waals surface area contributed by atoms with Crippen molar-refractivity contribution in [1.29, 1.82) is 0 Å². The molecule has 3 N–H and O–H groups in total. The van der Waals surface area contributed by atoms with E-state index in [0.717, 1.165) is 63.3 Å². The van der Waals surface area contributed by atoms with Crippen molar-refractivity contribution in [1.82, 2.24) is 25.3 Å². The van der Waals surface area contributed by atoms with E-state index in [1.807, 2.05) is 33.9 Å². The van der Waals surface area contributed by atoms with E-state index in [0.29, 0.717) is 12.1 Å². The number of aryl methyl sites for hydroxylation is 3. The van der Waals surface area contributed by atoms with Gasteiger partial charge in [-0.25, -0.2) is 15.0 Å². The fourth-order valence-corrected chi connectivity index (χ4v) is 5.41. The molecule has 0 saturated heterocycles. The summed E-state index contributed by atoms with van der Waals surface area (Å²) in [7, 11) is 2.01. The first-order valence-electron chi connectivity index (χ1n) is 11.5. The number of hydrogen-bond donors (Lipinski definition) is 3. The Morgan fingerprint density at radius 1 is 1.09 bits per heavy atom. The summed E-state index contributed by atoms with van der Waals surface area (Å²) in [5.41, 5.74) is 3.60. The third-order valence-corrected chi connectivity index (χ3v) is 7.37. The Morgan fingerprint density at radius 2 is 1.85 bits per heavy atom. The lowest BCUT2D eigenvalue weighted by Crippen LogP contribution is -2.23. The maximum atomic E-state index is 10.9. The summed E-state index contributed by atoms with van der Waals surface area (Å²) in [4.78, 5) is 29.2. The van der Waals surface area contributed by atoms with Gasteiger partial charge >= 0.3 is 0 Å². The molecule has 3 aromatic heterocycles. The number of aliphatic hydroxyl groups is 1. The number of nitrogens with one attached hydrogen (secondary N) is 2. The van der Waals surface area contributed by atoms with E-state index in [-0.39, 0.29) is 12.0 Å². The number of nitrogens with zero attached hydrogens (tertiary/aromatic N) is 4. The van der Waals surface area contributed by atoms with Gasteiger partial charge in [-0.05, 0) is 71.9 Å². The minimum Gasteiger partial charge on any atom is -0.385 e. The van der Waals surface area contributed by atoms with E-state index in [1.54, 1.807) is 17.5 Å². The summed E-state index contributed by atoms with van der Waals surface area (Å²) >= 11 is 1.61. The van der Waals surface area contributed by atoms with Crippen LogP contribution in [0.1, 0.15) is 49.3 Å². The number of hydrogen-bond acceptors (Lipinski definition) is 9. The van der Waals surface area contributed by atoms with Crippen molar-refractivity contribution in [2.45, 2.75) is 71.1 Å². The van der Waals surface area contributed by atoms with Crippen LogP contribution in [0.5, 0.6) is 0 Å². The summed E-state index contributed by atoms with van der Waals surface area (Å²) < 4.78 is 1.09. The Kier molecular flexibility index (Phi) is 7.31. The van der Waals surface area contributed by atoms with E-state index in [4.69, 9.17) is 4.98 Å². The highest BCUT2D eigenvalue weighted by atomic mass is 32.1. The van der Waals surface area contributed by atoms with Crippen molar-refractivity contribution in [3.63, 3.8) is 0 Å². The van der Waals surface area contributed by atoms with Crippen LogP contribution < -0.4 is 10.6 Å². The molecule has 0 spiro atoms. The summed E-state index contributed by atoms with van der Waals surface area (Å²) in [6.07, 6.45) is 6.79. The molecule has 5 rings (SSSR count). The lowest BCUT2D eigenvalue weighted by molar-refractivity contribution is -0.117. The topological polar surface area (TPSA) is 113 Å². The molecule has 2 aliphatic rings. The first-order chi connectivity index (χ1) is 15.9. The van der Waals surface area contributed by atoms with Crippen LogP contribution in [0.2, 0.25) is 0 Å². The zero-order chi connectivity index (χ0) is 23.5. The molecule has 0 amide bonds. The molecule has 3 aromatic rings. The van der Waals surface area contributed by atoms with Crippen LogP contribution in [0, 0.1) is 26.7 Å². The summed E-state index contributed by atoms with van der Waals surface area (Å²) in [6.45, 7) is 5.81. The molecule has 3 atom stereocenters. The molecule has 3 heterocycles. The summed E-state index contributed by atoms with van der Waals surface area (Å²) in [5, 5.41) is 17.4. The predicted octanol–water partition coefficient (Wildman–Crippen LogP) is 3.58. The number of pyridine rings is 1. The van der Waals surface area contributed by atoms with Crippen molar-refractivity contribution in [2.24, 2.45) is 5.92 Å². The van der Waals surface area contributed by atoms with Gasteiger partial charge in [0.05, 0.1) is 21.7 Å². The SMILES string of the molecule is CNC1CC1.Cc1nc(C)c(-c2nc3c(C)nccc3s2)c(NC2CCC(C(O)C=O)C2)n1. The molecular weight excluding hydrogens is 436 g/mol. The fourth-order valence-electron chi connectivity index (χ4n) is 4.30. The van der Waals surface area contributed by atoms with Crippen molar-refractivity contribution in [3.8, 4) is 10.6 Å². The minimum atomic E-state index is -0.889. The van der Waals surface area contributed by atoms with Gasteiger partial charge in [0.1, 0.15) is 34.6 Å². The predicted molar refractivity (Wildman–Crippen MR) is 132 cm³/mol. The van der Waals surface area contributed by atoms with Crippen molar-refractivity contribution in [2.75, 3.05) is 12.4 Å². The molecule has 9 heteroatoms. The Morgan fingerprint density at radius 3 is 2.48 bits per heavy atom. The fraction of sp³-hybridized carbons (Fsp3) is 0.542. The van der Waals surface area contributed by atoms with Gasteiger partial charge in [0.2, 0.25) is 0 Å². The Balaban J connectivity index is 0.000000459. The Hall–Kier alpha value is -2.49. The van der Waals surface area contributed by atoms with Crippen LogP contribution in [-0.2, 0) is 4.79 Å². The molecule has 0 aromatic carbocycles. The van der Waals surface area contributed by atoms with E-state index >= 15 is 0 Å². The molecule has 8 nitrogen and oxygen atoms in total. The van der Waals surface area contributed by atoms with Gasteiger partial charge < -0.3 is 20.5 Å². The number of aliphatic hydroxyl groups excluding tert-OH is 1. The Labute approximate surface area is 198 Å². The second-order valence-corrected chi connectivity index (χ2v) is 9.98. The number of carbonyl (C=O) groups excluding carboxylic acids is 1. The van der Waals surface area contributed by atoms with Crippen LogP contribution in [-0.4, -0.2) is 56.6 Å². The first-order valence-corrected chi connectivity index (χ1v) is 12.4. The maximum absolute atomic E-state index is 10.9. The van der Waals surface area contributed by atoms with Gasteiger partial charge in [-0.1, -0.05) is 0 Å². The van der Waals surface area contributed by atoms with E-state index < -0.39 is 6.10 Å². The standard InChI is InChI=1S/C20H23N5O2S.C4H9N/c1-10-17(20-25-18-11(2)21-7-6-16(18)28-20)19(23-12(3)22-10)24-14-5-4-13(8-14)15(27)9-26;1-5-4-2-3-4/h6-7,9,13-15,27H,4-5,8H2,1-3H3,(H,22,23,24);4-5H,2-3H2,1H3. The van der Waals surface area contributed by atoms with Crippen LogP contribution in [0.15, 0.2) is 12.3 Å². The summed E-state index contributed by atoms with van der Waals surface area (Å²) in [6, 6.07) is 3.02. The number of aromatic nitrogens is 4. The highest BCUT2D eigenvalue weighted by Gasteiger charge is 2.31. The average molecular weight is 469 g/mol. The van der Waals surface area contributed by atoms with Gasteiger partial charge in [0, 0.05) is 18.3 Å². The van der Waals surface area contributed by atoms with Gasteiger partial charge in [0.15, 0.2) is 0 Å². The number of carbonyl (C=O) groups is 1. The van der Waals surface area contributed by atoms with E-state index in [2.05, 4.69) is 25.6 Å². The molecule has 33 heavy (non-hydrogen) atoms. The molecule has 0 bridgehead atoms. The molecule has 2 saturated carbocycles. The van der Waals surface area contributed by atoms with Crippen molar-refractivity contribution >= 4 is 33.7 Å². The molecular formula is C24H32N6O2S. The second-order valence-electron chi connectivity index (χ2n) is 8.95. The lowest BCUT2D eigenvalue weighted by atomic mass is 10.0. The third-order valence-electron chi connectivity index (χ3n) is 6.33. The summed E-state index contributed by atoms with van der Waals surface area (Å²) in [5.74, 6) is 1.46. The van der Waals surface area contributed by atoms with Gasteiger partial charge in [-0.2, -0.15) is 0 Å². The molecule has 176 valence electrons. The molecule has 3 unspecified atom stereocenters. The molecule has 2 aliphatic carbocycles. The third kappa shape index (κ3) is 5.54. The highest BCUT2D eigenvalue weighted by molar-refractivity contribution is 7.21. The Bertz CT molecular complexity index is 1130. The normalized spacial score (nSPS) is 20.9. The number of aldehydes is 1. The van der Waals surface area contributed by atoms with E-state index in [1.165, 1.54) is 12.8 Å². The lowest BCUT2D eigenvalue weighted by Gasteiger charge is -2.18. The monoisotopic (exact) mass is 468 g/mol. The van der Waals surface area contributed by atoms with Gasteiger partial charge in [-0.3, -0.25) is 4.98 Å². The molecule has 0 radical (unpaired) electrons. The van der Waals surface area contributed by atoms with Crippen LogP contribution in [0.4, 0.5) is 5.82 Å². The number of rotatable bonds is 6. The average Bonchev–Trinajstić information content (AvgIpc) is 3.36. The quantitative estimate of drug-likeness (QED) is 0.471. The minimum absolute atomic E-state index is 0.00124. The van der Waals surface area contributed by atoms with Crippen LogP contribution >= 0.6 is 11.3 Å². The zero-order valence-electron chi connectivity index (χ0n) is 19.6. The number of fused-ring (bicyclic) bond motifs is 1. The van der Waals surface area contributed by atoms with E-state index in [9.17, 15) is 9.90 Å².